The monoisotopic (exact) mass is 287 g/mol. The summed E-state index contributed by atoms with van der Waals surface area (Å²) in [4.78, 5) is 24.2. The quantitative estimate of drug-likeness (QED) is 0.626. The molecule has 5 heteroatoms. The number of esters is 1. The van der Waals surface area contributed by atoms with Gasteiger partial charge in [0.1, 0.15) is 11.4 Å². The van der Waals surface area contributed by atoms with Crippen LogP contribution in [0.1, 0.15) is 27.8 Å². The van der Waals surface area contributed by atoms with Gasteiger partial charge in [-0.25, -0.2) is 4.79 Å². The van der Waals surface area contributed by atoms with Gasteiger partial charge in [-0.05, 0) is 43.3 Å². The first kappa shape index (κ1) is 14.8. The molecule has 0 aliphatic heterocycles. The smallest absolute Gasteiger partial charge is 0.355 e. The summed E-state index contributed by atoms with van der Waals surface area (Å²) < 4.78 is 11.9. The number of aryl methyl sites for hydroxylation is 1. The van der Waals surface area contributed by atoms with Crippen LogP contribution in [-0.4, -0.2) is 29.5 Å². The van der Waals surface area contributed by atoms with Crippen molar-refractivity contribution < 1.29 is 19.1 Å². The molecule has 0 saturated carbocycles. The summed E-state index contributed by atoms with van der Waals surface area (Å²) in [6.45, 7) is 1.56. The maximum Gasteiger partial charge on any atom is 0.355 e. The number of ether oxygens (including phenoxy) is 2. The number of benzene rings is 1. The minimum Gasteiger partial charge on any atom is -0.497 e. The highest BCUT2D eigenvalue weighted by atomic mass is 16.5. The standard InChI is InChI=1S/C16H17NO4/c1-11(21-16(19)14-5-4-10-17(14)2)15(18)12-6-8-13(20-3)9-7-12/h4-11H,1-3H3. The van der Waals surface area contributed by atoms with Crippen LogP contribution in [0.4, 0.5) is 0 Å². The number of carbonyl (C=O) groups excluding carboxylic acids is 2. The van der Waals surface area contributed by atoms with Gasteiger partial charge in [0.15, 0.2) is 6.10 Å². The second-order valence-corrected chi connectivity index (χ2v) is 4.64. The van der Waals surface area contributed by atoms with E-state index in [-0.39, 0.29) is 5.78 Å². The number of carbonyl (C=O) groups is 2. The van der Waals surface area contributed by atoms with Gasteiger partial charge in [0.2, 0.25) is 5.78 Å². The zero-order valence-electron chi connectivity index (χ0n) is 12.2. The molecule has 0 amide bonds. The fourth-order valence-electron chi connectivity index (χ4n) is 1.94. The van der Waals surface area contributed by atoms with E-state index >= 15 is 0 Å². The normalized spacial score (nSPS) is 11.8. The van der Waals surface area contributed by atoms with Gasteiger partial charge in [0, 0.05) is 18.8 Å². The van der Waals surface area contributed by atoms with E-state index < -0.39 is 12.1 Å². The third-order valence-electron chi connectivity index (χ3n) is 3.18. The van der Waals surface area contributed by atoms with Gasteiger partial charge in [-0.15, -0.1) is 0 Å². The van der Waals surface area contributed by atoms with Crippen molar-refractivity contribution in [2.75, 3.05) is 7.11 Å². The maximum absolute atomic E-state index is 12.2. The lowest BCUT2D eigenvalue weighted by Crippen LogP contribution is -2.25. The van der Waals surface area contributed by atoms with Crippen LogP contribution in [0.5, 0.6) is 5.75 Å². The second kappa shape index (κ2) is 6.26. The molecule has 110 valence electrons. The molecule has 0 aliphatic carbocycles. The first-order valence-electron chi connectivity index (χ1n) is 6.53. The van der Waals surface area contributed by atoms with Crippen molar-refractivity contribution in [3.63, 3.8) is 0 Å². The Morgan fingerprint density at radius 1 is 1.14 bits per heavy atom. The number of nitrogens with zero attached hydrogens (tertiary/aromatic N) is 1. The lowest BCUT2D eigenvalue weighted by Gasteiger charge is -2.13. The number of rotatable bonds is 5. The van der Waals surface area contributed by atoms with Crippen LogP contribution in [0.25, 0.3) is 0 Å². The molecule has 1 atom stereocenters. The van der Waals surface area contributed by atoms with E-state index in [0.717, 1.165) is 0 Å². The molecule has 2 rings (SSSR count). The van der Waals surface area contributed by atoms with E-state index in [4.69, 9.17) is 9.47 Å². The Labute approximate surface area is 123 Å². The van der Waals surface area contributed by atoms with Crippen LogP contribution in [0.3, 0.4) is 0 Å². The maximum atomic E-state index is 12.2. The predicted molar refractivity (Wildman–Crippen MR) is 77.6 cm³/mol. The Bertz CT molecular complexity index is 643. The summed E-state index contributed by atoms with van der Waals surface area (Å²) in [5, 5.41) is 0. The average Bonchev–Trinajstić information content (AvgIpc) is 2.92. The molecule has 1 aromatic heterocycles. The number of methoxy groups -OCH3 is 1. The average molecular weight is 287 g/mol. The first-order chi connectivity index (χ1) is 10.0. The van der Waals surface area contributed by atoms with Crippen molar-refractivity contribution in [2.45, 2.75) is 13.0 Å². The molecule has 0 aliphatic rings. The van der Waals surface area contributed by atoms with Gasteiger partial charge in [-0.1, -0.05) is 0 Å². The van der Waals surface area contributed by atoms with E-state index in [1.807, 2.05) is 0 Å². The van der Waals surface area contributed by atoms with Gasteiger partial charge in [0.05, 0.1) is 7.11 Å². The zero-order valence-corrected chi connectivity index (χ0v) is 12.2. The van der Waals surface area contributed by atoms with Gasteiger partial charge in [0.25, 0.3) is 0 Å². The van der Waals surface area contributed by atoms with Gasteiger partial charge < -0.3 is 14.0 Å². The molecule has 1 aromatic carbocycles. The molecular weight excluding hydrogens is 270 g/mol. The van der Waals surface area contributed by atoms with Gasteiger partial charge in [-0.2, -0.15) is 0 Å². The zero-order chi connectivity index (χ0) is 15.4. The van der Waals surface area contributed by atoms with E-state index in [1.165, 1.54) is 0 Å². The minimum atomic E-state index is -0.846. The fraction of sp³-hybridized carbons (Fsp3) is 0.250. The molecule has 2 aromatic rings. The van der Waals surface area contributed by atoms with Crippen molar-refractivity contribution in [3.05, 3.63) is 53.9 Å². The number of aromatic nitrogens is 1. The number of ketones is 1. The molecular formula is C16H17NO4. The minimum absolute atomic E-state index is 0.250. The van der Waals surface area contributed by atoms with Crippen LogP contribution >= 0.6 is 0 Å². The van der Waals surface area contributed by atoms with Crippen molar-refractivity contribution >= 4 is 11.8 Å². The van der Waals surface area contributed by atoms with E-state index in [1.54, 1.807) is 68.2 Å². The Kier molecular flexibility index (Phi) is 4.42. The SMILES string of the molecule is COc1ccc(C(=O)C(C)OC(=O)c2cccn2C)cc1. The summed E-state index contributed by atoms with van der Waals surface area (Å²) in [5.41, 5.74) is 0.882. The largest absolute Gasteiger partial charge is 0.497 e. The van der Waals surface area contributed by atoms with E-state index in [0.29, 0.717) is 17.0 Å². The van der Waals surface area contributed by atoms with Crippen LogP contribution in [-0.2, 0) is 11.8 Å². The Balaban J connectivity index is 2.05. The third-order valence-corrected chi connectivity index (χ3v) is 3.18. The van der Waals surface area contributed by atoms with Crippen LogP contribution in [0.2, 0.25) is 0 Å². The highest BCUT2D eigenvalue weighted by molar-refractivity contribution is 6.01. The molecule has 0 fully saturated rings. The Morgan fingerprint density at radius 2 is 1.81 bits per heavy atom. The molecule has 1 unspecified atom stereocenters. The Morgan fingerprint density at radius 3 is 2.33 bits per heavy atom. The lowest BCUT2D eigenvalue weighted by molar-refractivity contribution is 0.0309. The highest BCUT2D eigenvalue weighted by Crippen LogP contribution is 2.14. The predicted octanol–water partition coefficient (Wildman–Crippen LogP) is 2.46. The summed E-state index contributed by atoms with van der Waals surface area (Å²) in [5.74, 6) is -0.0999. The van der Waals surface area contributed by atoms with Crippen molar-refractivity contribution in [2.24, 2.45) is 7.05 Å². The van der Waals surface area contributed by atoms with E-state index in [2.05, 4.69) is 0 Å². The number of hydrogen-bond acceptors (Lipinski definition) is 4. The molecule has 0 N–H and O–H groups in total. The third kappa shape index (κ3) is 3.31. The number of hydrogen-bond donors (Lipinski definition) is 0. The molecule has 0 saturated heterocycles. The first-order valence-corrected chi connectivity index (χ1v) is 6.53. The molecule has 1 heterocycles. The molecule has 5 nitrogen and oxygen atoms in total. The summed E-state index contributed by atoms with van der Waals surface area (Å²) in [7, 11) is 3.30. The second-order valence-electron chi connectivity index (χ2n) is 4.64. The van der Waals surface area contributed by atoms with Gasteiger partial charge >= 0.3 is 5.97 Å². The fourth-order valence-corrected chi connectivity index (χ4v) is 1.94. The van der Waals surface area contributed by atoms with Gasteiger partial charge in [-0.3, -0.25) is 4.79 Å². The molecule has 21 heavy (non-hydrogen) atoms. The van der Waals surface area contributed by atoms with Crippen LogP contribution in [0.15, 0.2) is 42.6 Å². The van der Waals surface area contributed by atoms with Crippen molar-refractivity contribution in [3.8, 4) is 5.75 Å². The Hall–Kier alpha value is -2.56. The van der Waals surface area contributed by atoms with Crippen molar-refractivity contribution in [1.29, 1.82) is 0 Å². The topological polar surface area (TPSA) is 57.5 Å². The molecule has 0 spiro atoms. The van der Waals surface area contributed by atoms with Crippen LogP contribution < -0.4 is 4.74 Å². The highest BCUT2D eigenvalue weighted by Gasteiger charge is 2.21. The van der Waals surface area contributed by atoms with Crippen LogP contribution in [0, 0.1) is 0 Å². The summed E-state index contributed by atoms with van der Waals surface area (Å²) in [6, 6.07) is 10.1. The summed E-state index contributed by atoms with van der Waals surface area (Å²) in [6.07, 6.45) is 0.896. The lowest BCUT2D eigenvalue weighted by atomic mass is 10.1. The molecule has 0 radical (unpaired) electrons. The summed E-state index contributed by atoms with van der Waals surface area (Å²) >= 11 is 0. The van der Waals surface area contributed by atoms with E-state index in [9.17, 15) is 9.59 Å². The van der Waals surface area contributed by atoms with Crippen molar-refractivity contribution in [1.82, 2.24) is 4.57 Å². The molecule has 0 bridgehead atoms. The number of Topliss-reactive ketones (excluding diaryl/α,β-unsaturated/α-hetero) is 1.